The van der Waals surface area contributed by atoms with Gasteiger partial charge in [0.15, 0.2) is 0 Å². The van der Waals surface area contributed by atoms with Crippen molar-refractivity contribution in [2.24, 2.45) is 11.8 Å². The summed E-state index contributed by atoms with van der Waals surface area (Å²) in [5.41, 5.74) is -0.588. The second-order valence-electron chi connectivity index (χ2n) is 12.5. The molecule has 3 atom stereocenters. The Balaban J connectivity index is 1.66. The van der Waals surface area contributed by atoms with Crippen LogP contribution in [-0.2, 0) is 19.1 Å². The Morgan fingerprint density at radius 3 is 2.32 bits per heavy atom. The molecule has 0 bridgehead atoms. The van der Waals surface area contributed by atoms with E-state index < -0.39 is 29.4 Å². The molecule has 1 aromatic carbocycles. The third-order valence-electron chi connectivity index (χ3n) is 6.45. The van der Waals surface area contributed by atoms with Crippen LogP contribution >= 0.6 is 0 Å². The quantitative estimate of drug-likeness (QED) is 0.544. The Kier molecular flexibility index (Phi) is 7.85. The average Bonchev–Trinajstić information content (AvgIpc) is 3.61. The zero-order chi connectivity index (χ0) is 30.3. The van der Waals surface area contributed by atoms with Gasteiger partial charge < -0.3 is 19.7 Å². The van der Waals surface area contributed by atoms with Gasteiger partial charge in [-0.05, 0) is 78.5 Å². The van der Waals surface area contributed by atoms with E-state index in [9.17, 15) is 19.2 Å². The van der Waals surface area contributed by atoms with E-state index in [1.54, 1.807) is 64.6 Å². The van der Waals surface area contributed by atoms with Gasteiger partial charge in [-0.3, -0.25) is 19.8 Å². The van der Waals surface area contributed by atoms with Gasteiger partial charge in [0.25, 0.3) is 0 Å². The van der Waals surface area contributed by atoms with E-state index in [2.05, 4.69) is 21.7 Å². The SMILES string of the molecule is CC1CN(C(=O)OC(C)(C)C)CC(=O)N1c1cc(NC(=O)OC(C)(C)C)c2cnc(NC(=O)C3CC3C#N)cc2c1. The van der Waals surface area contributed by atoms with Gasteiger partial charge in [0.2, 0.25) is 11.8 Å². The largest absolute Gasteiger partial charge is 0.444 e. The zero-order valence-electron chi connectivity index (χ0n) is 24.4. The minimum atomic E-state index is -0.736. The highest BCUT2D eigenvalue weighted by atomic mass is 16.6. The van der Waals surface area contributed by atoms with E-state index in [1.165, 1.54) is 11.1 Å². The van der Waals surface area contributed by atoms with E-state index in [1.807, 2.05) is 6.92 Å². The van der Waals surface area contributed by atoms with Crippen molar-refractivity contribution in [3.05, 3.63) is 24.4 Å². The van der Waals surface area contributed by atoms with Gasteiger partial charge >= 0.3 is 12.2 Å². The fourth-order valence-electron chi connectivity index (χ4n) is 4.63. The van der Waals surface area contributed by atoms with Crippen LogP contribution in [0.5, 0.6) is 0 Å². The molecule has 0 spiro atoms. The summed E-state index contributed by atoms with van der Waals surface area (Å²) in [6, 6.07) is 6.76. The summed E-state index contributed by atoms with van der Waals surface area (Å²) in [6.07, 6.45) is 0.781. The monoisotopic (exact) mass is 564 g/mol. The lowest BCUT2D eigenvalue weighted by atomic mass is 10.1. The number of rotatable bonds is 4. The highest BCUT2D eigenvalue weighted by molar-refractivity contribution is 6.07. The molecule has 2 aromatic rings. The smallest absolute Gasteiger partial charge is 0.412 e. The molecule has 2 N–H and O–H groups in total. The predicted molar refractivity (Wildman–Crippen MR) is 152 cm³/mol. The molecule has 2 fully saturated rings. The lowest BCUT2D eigenvalue weighted by Crippen LogP contribution is -2.57. The Morgan fingerprint density at radius 1 is 1.05 bits per heavy atom. The van der Waals surface area contributed by atoms with Gasteiger partial charge in [-0.1, -0.05) is 0 Å². The number of fused-ring (bicyclic) bond motifs is 1. The lowest BCUT2D eigenvalue weighted by molar-refractivity contribution is -0.122. The van der Waals surface area contributed by atoms with Crippen molar-refractivity contribution in [3.8, 4) is 6.07 Å². The number of nitriles is 1. The summed E-state index contributed by atoms with van der Waals surface area (Å²) in [7, 11) is 0. The van der Waals surface area contributed by atoms with Gasteiger partial charge in [0, 0.05) is 23.8 Å². The predicted octanol–water partition coefficient (Wildman–Crippen LogP) is 4.65. The zero-order valence-corrected chi connectivity index (χ0v) is 24.4. The fourth-order valence-corrected chi connectivity index (χ4v) is 4.63. The molecule has 1 aromatic heterocycles. The number of pyridine rings is 1. The molecule has 4 rings (SSSR count). The van der Waals surface area contributed by atoms with Crippen molar-refractivity contribution in [2.75, 3.05) is 28.6 Å². The van der Waals surface area contributed by atoms with Crippen molar-refractivity contribution < 1.29 is 28.7 Å². The molecule has 0 radical (unpaired) electrons. The topological polar surface area (TPSA) is 154 Å². The lowest BCUT2D eigenvalue weighted by Gasteiger charge is -2.40. The fraction of sp³-hybridized carbons (Fsp3) is 0.517. The first-order valence-corrected chi connectivity index (χ1v) is 13.5. The maximum atomic E-state index is 13.4. The molecule has 2 heterocycles. The Labute approximate surface area is 239 Å². The minimum Gasteiger partial charge on any atom is -0.444 e. The van der Waals surface area contributed by atoms with Crippen LogP contribution in [0.4, 0.5) is 26.8 Å². The number of nitrogens with zero attached hydrogens (tertiary/aromatic N) is 4. The molecular formula is C29H36N6O6. The highest BCUT2D eigenvalue weighted by Gasteiger charge is 2.43. The third kappa shape index (κ3) is 7.22. The van der Waals surface area contributed by atoms with Crippen molar-refractivity contribution in [1.29, 1.82) is 5.26 Å². The number of hydrogen-bond acceptors (Lipinski definition) is 8. The van der Waals surface area contributed by atoms with Crippen molar-refractivity contribution in [3.63, 3.8) is 0 Å². The number of piperazine rings is 1. The van der Waals surface area contributed by atoms with Crippen molar-refractivity contribution >= 4 is 52.0 Å². The van der Waals surface area contributed by atoms with Gasteiger partial charge in [0.05, 0.1) is 29.6 Å². The van der Waals surface area contributed by atoms with E-state index >= 15 is 0 Å². The molecule has 4 amide bonds. The second kappa shape index (κ2) is 10.9. The van der Waals surface area contributed by atoms with Crippen molar-refractivity contribution in [2.45, 2.75) is 72.1 Å². The Morgan fingerprint density at radius 2 is 1.73 bits per heavy atom. The van der Waals surface area contributed by atoms with Gasteiger partial charge in [-0.2, -0.15) is 5.26 Å². The number of hydrogen-bond donors (Lipinski definition) is 2. The highest BCUT2D eigenvalue weighted by Crippen LogP contribution is 2.39. The van der Waals surface area contributed by atoms with Crippen LogP contribution in [-0.4, -0.2) is 64.2 Å². The molecule has 12 heteroatoms. The summed E-state index contributed by atoms with van der Waals surface area (Å²) in [4.78, 5) is 58.5. The first kappa shape index (κ1) is 29.6. The summed E-state index contributed by atoms with van der Waals surface area (Å²) in [6.45, 7) is 12.4. The van der Waals surface area contributed by atoms with E-state index in [0.29, 0.717) is 28.6 Å². The molecule has 218 valence electrons. The van der Waals surface area contributed by atoms with Crippen LogP contribution < -0.4 is 15.5 Å². The molecular weight excluding hydrogens is 528 g/mol. The summed E-state index contributed by atoms with van der Waals surface area (Å²) in [5, 5.41) is 15.7. The molecule has 12 nitrogen and oxygen atoms in total. The van der Waals surface area contributed by atoms with Crippen LogP contribution in [0.3, 0.4) is 0 Å². The van der Waals surface area contributed by atoms with Crippen LogP contribution in [0.15, 0.2) is 24.4 Å². The second-order valence-corrected chi connectivity index (χ2v) is 12.5. The molecule has 41 heavy (non-hydrogen) atoms. The number of benzene rings is 1. The van der Waals surface area contributed by atoms with Crippen LogP contribution in [0, 0.1) is 23.2 Å². The van der Waals surface area contributed by atoms with Gasteiger partial charge in [0.1, 0.15) is 23.6 Å². The van der Waals surface area contributed by atoms with Crippen LogP contribution in [0.1, 0.15) is 54.9 Å². The molecule has 3 unspecified atom stereocenters. The maximum Gasteiger partial charge on any atom is 0.412 e. The molecule has 1 aliphatic heterocycles. The first-order chi connectivity index (χ1) is 19.0. The summed E-state index contributed by atoms with van der Waals surface area (Å²) < 4.78 is 10.9. The normalized spacial score (nSPS) is 20.7. The number of carbonyl (C=O) groups is 4. The van der Waals surface area contributed by atoms with Crippen molar-refractivity contribution in [1.82, 2.24) is 9.88 Å². The first-order valence-electron chi connectivity index (χ1n) is 13.5. The number of carbonyl (C=O) groups excluding carboxylic acids is 4. The molecule has 1 saturated heterocycles. The Bertz CT molecular complexity index is 1440. The molecule has 1 aliphatic carbocycles. The summed E-state index contributed by atoms with van der Waals surface area (Å²) >= 11 is 0. The molecule has 1 saturated carbocycles. The Hall–Kier alpha value is -4.40. The van der Waals surface area contributed by atoms with E-state index in [0.717, 1.165) is 0 Å². The van der Waals surface area contributed by atoms with E-state index in [-0.39, 0.29) is 42.6 Å². The van der Waals surface area contributed by atoms with Gasteiger partial charge in [-0.15, -0.1) is 0 Å². The van der Waals surface area contributed by atoms with E-state index in [4.69, 9.17) is 14.7 Å². The third-order valence-corrected chi connectivity index (χ3v) is 6.45. The number of nitrogens with one attached hydrogen (secondary N) is 2. The number of anilines is 3. The van der Waals surface area contributed by atoms with Crippen LogP contribution in [0.25, 0.3) is 10.8 Å². The van der Waals surface area contributed by atoms with Crippen LogP contribution in [0.2, 0.25) is 0 Å². The van der Waals surface area contributed by atoms with Gasteiger partial charge in [-0.25, -0.2) is 14.6 Å². The average molecular weight is 565 g/mol. The number of ether oxygens (including phenoxy) is 2. The standard InChI is InChI=1S/C29H36N6O6/c1-16-14-34(27(39)41-29(5,6)7)15-24(36)35(16)19-8-17-10-23(33-25(37)20-9-18(20)12-30)31-13-21(17)22(11-19)32-26(38)40-28(2,3)4/h8,10-11,13,16,18,20H,9,14-15H2,1-7H3,(H,32,38)(H,31,33,37). The summed E-state index contributed by atoms with van der Waals surface area (Å²) in [5.74, 6) is -0.989. The maximum absolute atomic E-state index is 13.4. The minimum absolute atomic E-state index is 0.175. The number of aromatic nitrogens is 1. The number of amides is 4. The molecule has 2 aliphatic rings.